The Morgan fingerprint density at radius 3 is 2.83 bits per heavy atom. The average molecular weight is 328 g/mol. The molecule has 0 unspecified atom stereocenters. The van der Waals surface area contributed by atoms with Crippen LogP contribution >= 0.6 is 0 Å². The van der Waals surface area contributed by atoms with Crippen LogP contribution in [0.5, 0.6) is 11.5 Å². The Hall–Kier alpha value is -2.86. The largest absolute Gasteiger partial charge is 0.507 e. The maximum atomic E-state index is 12.3. The number of allylic oxidation sites excluding steroid dienone is 1. The molecule has 0 aliphatic heterocycles. The Morgan fingerprint density at radius 2 is 2.12 bits per heavy atom. The number of hydrogen-bond acceptors (Lipinski definition) is 5. The van der Waals surface area contributed by atoms with Crippen molar-refractivity contribution in [1.82, 2.24) is 4.57 Å². The lowest BCUT2D eigenvalue weighted by molar-refractivity contribution is 0.104. The van der Waals surface area contributed by atoms with Gasteiger partial charge in [-0.25, -0.2) is 0 Å². The first-order valence-corrected chi connectivity index (χ1v) is 7.49. The van der Waals surface area contributed by atoms with E-state index >= 15 is 0 Å². The minimum absolute atomic E-state index is 0.241. The molecule has 126 valence electrons. The van der Waals surface area contributed by atoms with Crippen LogP contribution in [0.3, 0.4) is 0 Å². The Bertz CT molecular complexity index is 837. The highest BCUT2D eigenvalue weighted by atomic mass is 16.5. The molecule has 0 aliphatic carbocycles. The molecular formula is C18H20N2O4. The van der Waals surface area contributed by atoms with Gasteiger partial charge in [0.25, 0.3) is 5.56 Å². The van der Waals surface area contributed by atoms with Crippen LogP contribution in [-0.4, -0.2) is 28.6 Å². The quantitative estimate of drug-likeness (QED) is 0.621. The van der Waals surface area contributed by atoms with Crippen LogP contribution < -0.4 is 16.0 Å². The van der Waals surface area contributed by atoms with Gasteiger partial charge in [0.2, 0.25) is 0 Å². The molecule has 6 heteroatoms. The second-order valence-electron chi connectivity index (χ2n) is 5.32. The molecule has 0 bridgehead atoms. The predicted molar refractivity (Wildman–Crippen MR) is 92.4 cm³/mol. The van der Waals surface area contributed by atoms with Crippen molar-refractivity contribution in [1.29, 1.82) is 0 Å². The SMILES string of the molecule is Cc1cc(O)c(C(=O)C=Cc2cccc(OCCN)c2)c(=O)n1C. The van der Waals surface area contributed by atoms with Crippen LogP contribution in [-0.2, 0) is 7.05 Å². The van der Waals surface area contributed by atoms with Crippen molar-refractivity contribution in [3.8, 4) is 11.5 Å². The summed E-state index contributed by atoms with van der Waals surface area (Å²) in [7, 11) is 1.55. The summed E-state index contributed by atoms with van der Waals surface area (Å²) in [6.07, 6.45) is 2.82. The zero-order valence-corrected chi connectivity index (χ0v) is 13.7. The van der Waals surface area contributed by atoms with E-state index < -0.39 is 11.3 Å². The van der Waals surface area contributed by atoms with Gasteiger partial charge in [0.05, 0.1) is 0 Å². The molecule has 0 amide bonds. The van der Waals surface area contributed by atoms with Crippen molar-refractivity contribution in [2.45, 2.75) is 6.92 Å². The number of nitrogens with zero attached hydrogens (tertiary/aromatic N) is 1. The molecule has 1 aromatic carbocycles. The maximum Gasteiger partial charge on any atom is 0.265 e. The minimum atomic E-state index is -0.554. The standard InChI is InChI=1S/C18H20N2O4/c1-12-10-16(22)17(18(23)20(12)2)15(21)7-6-13-4-3-5-14(11-13)24-9-8-19/h3-7,10-11,22H,8-9,19H2,1-2H3. The van der Waals surface area contributed by atoms with E-state index in [-0.39, 0.29) is 11.3 Å². The Balaban J connectivity index is 2.26. The number of pyridine rings is 1. The topological polar surface area (TPSA) is 94.6 Å². The van der Waals surface area contributed by atoms with Crippen LogP contribution in [0, 0.1) is 6.92 Å². The lowest BCUT2D eigenvalue weighted by Gasteiger charge is -2.07. The van der Waals surface area contributed by atoms with Crippen LogP contribution in [0.15, 0.2) is 41.2 Å². The molecule has 24 heavy (non-hydrogen) atoms. The molecule has 2 rings (SSSR count). The van der Waals surface area contributed by atoms with Crippen molar-refractivity contribution < 1.29 is 14.6 Å². The Morgan fingerprint density at radius 1 is 1.38 bits per heavy atom. The zero-order valence-electron chi connectivity index (χ0n) is 13.7. The molecule has 2 aromatic rings. The number of aromatic nitrogens is 1. The highest BCUT2D eigenvalue weighted by Gasteiger charge is 2.16. The molecule has 3 N–H and O–H groups in total. The number of aryl methyl sites for hydroxylation is 1. The second kappa shape index (κ2) is 7.61. The molecule has 0 saturated heterocycles. The first-order valence-electron chi connectivity index (χ1n) is 7.49. The van der Waals surface area contributed by atoms with E-state index in [1.165, 1.54) is 16.7 Å². The van der Waals surface area contributed by atoms with Gasteiger partial charge in [-0.3, -0.25) is 9.59 Å². The summed E-state index contributed by atoms with van der Waals surface area (Å²) in [5.41, 5.74) is 5.93. The summed E-state index contributed by atoms with van der Waals surface area (Å²) in [6, 6.07) is 8.53. The molecule has 0 aliphatic rings. The third-order valence-electron chi connectivity index (χ3n) is 3.57. The number of hydrogen-bond donors (Lipinski definition) is 2. The molecule has 0 atom stereocenters. The summed E-state index contributed by atoms with van der Waals surface area (Å²) >= 11 is 0. The summed E-state index contributed by atoms with van der Waals surface area (Å²) < 4.78 is 6.74. The summed E-state index contributed by atoms with van der Waals surface area (Å²) in [6.45, 7) is 2.49. The second-order valence-corrected chi connectivity index (χ2v) is 5.32. The fourth-order valence-electron chi connectivity index (χ4n) is 2.18. The van der Waals surface area contributed by atoms with Crippen LogP contribution in [0.25, 0.3) is 6.08 Å². The van der Waals surface area contributed by atoms with E-state index in [0.29, 0.717) is 24.6 Å². The summed E-state index contributed by atoms with van der Waals surface area (Å²) in [5.74, 6) is -0.226. The number of ketones is 1. The van der Waals surface area contributed by atoms with Crippen molar-refractivity contribution in [2.24, 2.45) is 12.8 Å². The number of carbonyl (C=O) groups excluding carboxylic acids is 1. The van der Waals surface area contributed by atoms with E-state index in [0.717, 1.165) is 5.56 Å². The van der Waals surface area contributed by atoms with Crippen molar-refractivity contribution >= 4 is 11.9 Å². The lowest BCUT2D eigenvalue weighted by Crippen LogP contribution is -2.25. The van der Waals surface area contributed by atoms with E-state index in [1.54, 1.807) is 44.3 Å². The number of ether oxygens (including phenoxy) is 1. The van der Waals surface area contributed by atoms with Gasteiger partial charge in [0.1, 0.15) is 23.7 Å². The van der Waals surface area contributed by atoms with Gasteiger partial charge < -0.3 is 20.1 Å². The average Bonchev–Trinajstić information content (AvgIpc) is 2.56. The fourth-order valence-corrected chi connectivity index (χ4v) is 2.18. The first kappa shape index (κ1) is 17.5. The van der Waals surface area contributed by atoms with Gasteiger partial charge in [-0.15, -0.1) is 0 Å². The third-order valence-corrected chi connectivity index (χ3v) is 3.57. The monoisotopic (exact) mass is 328 g/mol. The number of aromatic hydroxyl groups is 1. The zero-order chi connectivity index (χ0) is 17.7. The van der Waals surface area contributed by atoms with Gasteiger partial charge in [-0.2, -0.15) is 0 Å². The number of rotatable bonds is 6. The predicted octanol–water partition coefficient (Wildman–Crippen LogP) is 1.63. The Kier molecular flexibility index (Phi) is 5.55. The molecule has 0 saturated carbocycles. The molecule has 1 heterocycles. The molecule has 1 aromatic heterocycles. The molecule has 0 spiro atoms. The van der Waals surface area contributed by atoms with E-state index in [1.807, 2.05) is 0 Å². The van der Waals surface area contributed by atoms with Gasteiger partial charge in [0, 0.05) is 25.4 Å². The first-order chi connectivity index (χ1) is 11.4. The highest BCUT2D eigenvalue weighted by molar-refractivity contribution is 6.08. The normalized spacial score (nSPS) is 11.0. The van der Waals surface area contributed by atoms with Crippen LogP contribution in [0.1, 0.15) is 21.6 Å². The maximum absolute atomic E-state index is 12.3. The molecular weight excluding hydrogens is 308 g/mol. The van der Waals surface area contributed by atoms with Crippen LogP contribution in [0.2, 0.25) is 0 Å². The molecule has 0 radical (unpaired) electrons. The fraction of sp³-hybridized carbons (Fsp3) is 0.222. The third kappa shape index (κ3) is 3.91. The number of nitrogens with two attached hydrogens (primary N) is 1. The van der Waals surface area contributed by atoms with E-state index in [2.05, 4.69) is 0 Å². The highest BCUT2D eigenvalue weighted by Crippen LogP contribution is 2.17. The van der Waals surface area contributed by atoms with Gasteiger partial charge in [0.15, 0.2) is 5.78 Å². The lowest BCUT2D eigenvalue weighted by atomic mass is 10.1. The smallest absolute Gasteiger partial charge is 0.265 e. The van der Waals surface area contributed by atoms with Crippen molar-refractivity contribution in [2.75, 3.05) is 13.2 Å². The van der Waals surface area contributed by atoms with Crippen LogP contribution in [0.4, 0.5) is 0 Å². The van der Waals surface area contributed by atoms with Crippen molar-refractivity contribution in [3.63, 3.8) is 0 Å². The van der Waals surface area contributed by atoms with Gasteiger partial charge in [-0.1, -0.05) is 18.2 Å². The van der Waals surface area contributed by atoms with Crippen molar-refractivity contribution in [3.05, 3.63) is 63.6 Å². The van der Waals surface area contributed by atoms with Gasteiger partial charge >= 0.3 is 0 Å². The summed E-state index contributed by atoms with van der Waals surface area (Å²) in [4.78, 5) is 24.4. The molecule has 6 nitrogen and oxygen atoms in total. The number of benzene rings is 1. The number of carbonyl (C=O) groups is 1. The Labute approximate surface area is 139 Å². The van der Waals surface area contributed by atoms with E-state index in [9.17, 15) is 14.7 Å². The van der Waals surface area contributed by atoms with Gasteiger partial charge in [-0.05, 0) is 30.7 Å². The van der Waals surface area contributed by atoms with E-state index in [4.69, 9.17) is 10.5 Å². The molecule has 0 fully saturated rings. The minimum Gasteiger partial charge on any atom is -0.507 e. The summed E-state index contributed by atoms with van der Waals surface area (Å²) in [5, 5.41) is 9.91.